The predicted octanol–water partition coefficient (Wildman–Crippen LogP) is 2.66. The van der Waals surface area contributed by atoms with E-state index >= 15 is 0 Å². The Morgan fingerprint density at radius 1 is 1.00 bits per heavy atom. The van der Waals surface area contributed by atoms with Crippen LogP contribution in [0.1, 0.15) is 21.7 Å². The molecule has 3 rings (SSSR count). The highest BCUT2D eigenvalue weighted by molar-refractivity contribution is 5.92. The van der Waals surface area contributed by atoms with Gasteiger partial charge in [0, 0.05) is 37.6 Å². The van der Waals surface area contributed by atoms with Gasteiger partial charge < -0.3 is 9.80 Å². The van der Waals surface area contributed by atoms with E-state index in [9.17, 15) is 4.79 Å². The zero-order valence-electron chi connectivity index (χ0n) is 13.1. The summed E-state index contributed by atoms with van der Waals surface area (Å²) in [5, 5.41) is 0. The van der Waals surface area contributed by atoms with Gasteiger partial charge in [0.15, 0.2) is 0 Å². The molecule has 0 unspecified atom stereocenters. The maximum atomic E-state index is 12.5. The molecule has 4 nitrogen and oxygen atoms in total. The Kier molecular flexibility index (Phi) is 4.09. The Hall–Kier alpha value is -2.36. The van der Waals surface area contributed by atoms with Crippen molar-refractivity contribution in [2.24, 2.45) is 0 Å². The van der Waals surface area contributed by atoms with Crippen molar-refractivity contribution >= 4 is 11.6 Å². The topological polar surface area (TPSA) is 36.4 Å². The summed E-state index contributed by atoms with van der Waals surface area (Å²) in [6, 6.07) is 14.1. The zero-order chi connectivity index (χ0) is 15.5. The number of aryl methyl sites for hydroxylation is 2. The van der Waals surface area contributed by atoms with Gasteiger partial charge in [0.05, 0.1) is 0 Å². The Balaban J connectivity index is 1.65. The molecule has 1 aromatic carbocycles. The van der Waals surface area contributed by atoms with E-state index < -0.39 is 0 Å². The molecule has 114 valence electrons. The Morgan fingerprint density at radius 2 is 1.73 bits per heavy atom. The fraction of sp³-hybridized carbons (Fsp3) is 0.333. The van der Waals surface area contributed by atoms with Crippen molar-refractivity contribution in [3.63, 3.8) is 0 Å². The maximum Gasteiger partial charge on any atom is 0.272 e. The van der Waals surface area contributed by atoms with Crippen molar-refractivity contribution in [1.29, 1.82) is 0 Å². The summed E-state index contributed by atoms with van der Waals surface area (Å²) in [4.78, 5) is 21.1. The fourth-order valence-electron chi connectivity index (χ4n) is 2.82. The van der Waals surface area contributed by atoms with Gasteiger partial charge in [0.2, 0.25) is 0 Å². The molecule has 1 aromatic heterocycles. The van der Waals surface area contributed by atoms with Crippen LogP contribution in [0.5, 0.6) is 0 Å². The van der Waals surface area contributed by atoms with E-state index in [4.69, 9.17) is 0 Å². The molecule has 1 aliphatic rings. The van der Waals surface area contributed by atoms with Gasteiger partial charge in [-0.2, -0.15) is 0 Å². The van der Waals surface area contributed by atoms with Crippen LogP contribution in [0.2, 0.25) is 0 Å². The summed E-state index contributed by atoms with van der Waals surface area (Å²) in [6.45, 7) is 7.21. The van der Waals surface area contributed by atoms with E-state index in [0.717, 1.165) is 31.9 Å². The largest absolute Gasteiger partial charge is 0.368 e. The van der Waals surface area contributed by atoms with Crippen LogP contribution in [0.25, 0.3) is 0 Å². The van der Waals surface area contributed by atoms with E-state index in [1.807, 2.05) is 24.0 Å². The molecule has 0 bridgehead atoms. The molecule has 0 spiro atoms. The monoisotopic (exact) mass is 295 g/mol. The van der Waals surface area contributed by atoms with Crippen LogP contribution in [0.15, 0.2) is 42.5 Å². The van der Waals surface area contributed by atoms with E-state index in [2.05, 4.69) is 41.1 Å². The first kappa shape index (κ1) is 14.6. The number of piperazine rings is 1. The number of carbonyl (C=O) groups excluding carboxylic acids is 1. The van der Waals surface area contributed by atoms with Gasteiger partial charge in [-0.1, -0.05) is 18.2 Å². The van der Waals surface area contributed by atoms with Gasteiger partial charge >= 0.3 is 0 Å². The average molecular weight is 295 g/mol. The van der Waals surface area contributed by atoms with Crippen molar-refractivity contribution in [2.45, 2.75) is 13.8 Å². The first-order valence-corrected chi connectivity index (χ1v) is 7.68. The predicted molar refractivity (Wildman–Crippen MR) is 88.3 cm³/mol. The fourth-order valence-corrected chi connectivity index (χ4v) is 2.82. The van der Waals surface area contributed by atoms with Gasteiger partial charge in [0.25, 0.3) is 5.91 Å². The van der Waals surface area contributed by atoms with Gasteiger partial charge in [-0.25, -0.2) is 4.98 Å². The highest BCUT2D eigenvalue weighted by atomic mass is 16.2. The summed E-state index contributed by atoms with van der Waals surface area (Å²) >= 11 is 0. The molecule has 0 radical (unpaired) electrons. The van der Waals surface area contributed by atoms with E-state index in [0.29, 0.717) is 5.69 Å². The number of hydrogen-bond acceptors (Lipinski definition) is 3. The lowest BCUT2D eigenvalue weighted by Gasteiger charge is -2.36. The lowest BCUT2D eigenvalue weighted by molar-refractivity contribution is 0.0740. The Labute approximate surface area is 131 Å². The van der Waals surface area contributed by atoms with Crippen molar-refractivity contribution < 1.29 is 4.79 Å². The summed E-state index contributed by atoms with van der Waals surface area (Å²) in [5.74, 6) is 0.0348. The SMILES string of the molecule is Cc1cccc(N2CCN(C(=O)c3cccc(C)n3)CC2)c1. The Bertz CT molecular complexity index is 676. The molecule has 1 amide bonds. The van der Waals surface area contributed by atoms with Crippen molar-refractivity contribution in [1.82, 2.24) is 9.88 Å². The molecule has 2 aromatic rings. The van der Waals surface area contributed by atoms with Crippen LogP contribution in [-0.2, 0) is 0 Å². The molecule has 0 N–H and O–H groups in total. The number of nitrogens with zero attached hydrogens (tertiary/aromatic N) is 3. The van der Waals surface area contributed by atoms with E-state index in [1.165, 1.54) is 11.3 Å². The molecule has 2 heterocycles. The lowest BCUT2D eigenvalue weighted by Crippen LogP contribution is -2.49. The van der Waals surface area contributed by atoms with Crippen LogP contribution < -0.4 is 4.90 Å². The van der Waals surface area contributed by atoms with E-state index in [-0.39, 0.29) is 5.91 Å². The van der Waals surface area contributed by atoms with Crippen molar-refractivity contribution in [3.05, 3.63) is 59.4 Å². The van der Waals surface area contributed by atoms with Gasteiger partial charge in [0.1, 0.15) is 5.69 Å². The third kappa shape index (κ3) is 3.11. The summed E-state index contributed by atoms with van der Waals surface area (Å²) in [5.41, 5.74) is 3.92. The van der Waals surface area contributed by atoms with Crippen LogP contribution in [0.3, 0.4) is 0 Å². The molecule has 4 heteroatoms. The first-order valence-electron chi connectivity index (χ1n) is 7.68. The normalized spacial score (nSPS) is 15.0. The van der Waals surface area contributed by atoms with Crippen LogP contribution in [-0.4, -0.2) is 42.0 Å². The number of pyridine rings is 1. The number of aromatic nitrogens is 1. The molecule has 1 saturated heterocycles. The van der Waals surface area contributed by atoms with Crippen molar-refractivity contribution in [3.8, 4) is 0 Å². The van der Waals surface area contributed by atoms with Gasteiger partial charge in [-0.3, -0.25) is 4.79 Å². The van der Waals surface area contributed by atoms with E-state index in [1.54, 1.807) is 6.07 Å². The summed E-state index contributed by atoms with van der Waals surface area (Å²) in [7, 11) is 0. The Morgan fingerprint density at radius 3 is 2.41 bits per heavy atom. The number of benzene rings is 1. The second kappa shape index (κ2) is 6.18. The number of amides is 1. The minimum absolute atomic E-state index is 0.0348. The third-order valence-electron chi connectivity index (χ3n) is 4.04. The molecule has 0 atom stereocenters. The summed E-state index contributed by atoms with van der Waals surface area (Å²) < 4.78 is 0. The second-order valence-electron chi connectivity index (χ2n) is 5.78. The minimum Gasteiger partial charge on any atom is -0.368 e. The quantitative estimate of drug-likeness (QED) is 0.854. The van der Waals surface area contributed by atoms with Crippen LogP contribution in [0, 0.1) is 13.8 Å². The zero-order valence-corrected chi connectivity index (χ0v) is 13.1. The maximum absolute atomic E-state index is 12.5. The standard InChI is InChI=1S/C18H21N3O/c1-14-5-3-7-16(13-14)20-9-11-21(12-10-20)18(22)17-8-4-6-15(2)19-17/h3-8,13H,9-12H2,1-2H3. The molecule has 22 heavy (non-hydrogen) atoms. The molecule has 1 fully saturated rings. The van der Waals surface area contributed by atoms with Gasteiger partial charge in [-0.15, -0.1) is 0 Å². The molecule has 0 aliphatic carbocycles. The number of carbonyl (C=O) groups is 1. The van der Waals surface area contributed by atoms with Crippen molar-refractivity contribution in [2.75, 3.05) is 31.1 Å². The first-order chi connectivity index (χ1) is 10.6. The molecular weight excluding hydrogens is 274 g/mol. The second-order valence-corrected chi connectivity index (χ2v) is 5.78. The lowest BCUT2D eigenvalue weighted by atomic mass is 10.2. The third-order valence-corrected chi connectivity index (χ3v) is 4.04. The van der Waals surface area contributed by atoms with Crippen LogP contribution in [0.4, 0.5) is 5.69 Å². The van der Waals surface area contributed by atoms with Crippen LogP contribution >= 0.6 is 0 Å². The number of hydrogen-bond donors (Lipinski definition) is 0. The molecular formula is C18H21N3O. The number of rotatable bonds is 2. The average Bonchev–Trinajstić information content (AvgIpc) is 2.54. The number of anilines is 1. The molecule has 1 aliphatic heterocycles. The minimum atomic E-state index is 0.0348. The summed E-state index contributed by atoms with van der Waals surface area (Å²) in [6.07, 6.45) is 0. The van der Waals surface area contributed by atoms with Gasteiger partial charge in [-0.05, 0) is 43.7 Å². The smallest absolute Gasteiger partial charge is 0.272 e. The highest BCUT2D eigenvalue weighted by Gasteiger charge is 2.23. The highest BCUT2D eigenvalue weighted by Crippen LogP contribution is 2.18. The molecule has 0 saturated carbocycles.